The number of carbonyl (C=O) groups excluding carboxylic acids is 1. The summed E-state index contributed by atoms with van der Waals surface area (Å²) in [7, 11) is 0. The number of hydrogen-bond acceptors (Lipinski definition) is 4. The lowest BCUT2D eigenvalue weighted by atomic mass is 10.0. The molecule has 0 saturated carbocycles. The fourth-order valence-corrected chi connectivity index (χ4v) is 5.29. The average molecular weight is 464 g/mol. The number of aryl methyl sites for hydroxylation is 1. The molecule has 1 amide bonds. The average Bonchev–Trinajstić information content (AvgIpc) is 3.57. The van der Waals surface area contributed by atoms with E-state index in [9.17, 15) is 4.79 Å². The summed E-state index contributed by atoms with van der Waals surface area (Å²) in [5, 5.41) is 15.5. The fourth-order valence-electron chi connectivity index (χ4n) is 4.22. The zero-order valence-corrected chi connectivity index (χ0v) is 19.3. The normalized spacial score (nSPS) is 11.3. The molecule has 0 aliphatic carbocycles. The van der Waals surface area contributed by atoms with Crippen LogP contribution in [0.4, 0.5) is 5.69 Å². The Morgan fingerprint density at radius 2 is 1.76 bits per heavy atom. The predicted molar refractivity (Wildman–Crippen MR) is 137 cm³/mol. The number of fused-ring (bicyclic) bond motifs is 2. The number of thiophene rings is 1. The molecule has 0 spiro atoms. The largest absolute Gasteiger partial charge is 0.319 e. The monoisotopic (exact) mass is 463 g/mol. The first-order valence-corrected chi connectivity index (χ1v) is 11.8. The number of rotatable bonds is 5. The van der Waals surface area contributed by atoms with Gasteiger partial charge in [-0.1, -0.05) is 60.7 Å². The molecular formula is C27H21N5OS. The molecule has 3 aromatic carbocycles. The highest BCUT2D eigenvalue weighted by molar-refractivity contribution is 7.20. The molecule has 0 radical (unpaired) electrons. The van der Waals surface area contributed by atoms with Gasteiger partial charge in [-0.25, -0.2) is 4.68 Å². The van der Waals surface area contributed by atoms with Crippen molar-refractivity contribution in [3.05, 3.63) is 107 Å². The van der Waals surface area contributed by atoms with Crippen LogP contribution in [0.2, 0.25) is 0 Å². The second-order valence-corrected chi connectivity index (χ2v) is 9.21. The maximum Gasteiger partial charge on any atom is 0.265 e. The summed E-state index contributed by atoms with van der Waals surface area (Å²) in [6.45, 7) is 2.60. The Morgan fingerprint density at radius 3 is 2.65 bits per heavy atom. The van der Waals surface area contributed by atoms with Crippen LogP contribution in [0.1, 0.15) is 20.9 Å². The van der Waals surface area contributed by atoms with Crippen LogP contribution in [0.25, 0.3) is 26.7 Å². The van der Waals surface area contributed by atoms with E-state index >= 15 is 0 Å². The standard InChI is InChI=1S/C27H21N5OS/c1-18-24-14-25(34-27(24)32(30-18)22-11-3-2-4-12-22)26(33)29-21-15-28-31(17-21)16-20-10-7-9-19-8-5-6-13-23(19)20/h2-15,17H,16H2,1H3,(H,29,33). The molecule has 0 fully saturated rings. The predicted octanol–water partition coefficient (Wildman–Crippen LogP) is 6.05. The smallest absolute Gasteiger partial charge is 0.265 e. The third-order valence-electron chi connectivity index (χ3n) is 5.87. The van der Waals surface area contributed by atoms with Crippen LogP contribution < -0.4 is 5.32 Å². The molecule has 0 saturated heterocycles. The van der Waals surface area contributed by atoms with Gasteiger partial charge in [-0.05, 0) is 41.5 Å². The Kier molecular flexibility index (Phi) is 4.96. The van der Waals surface area contributed by atoms with Crippen molar-refractivity contribution in [2.24, 2.45) is 0 Å². The SMILES string of the molecule is Cc1nn(-c2ccccc2)c2sc(C(=O)Nc3cnn(Cc4cccc5ccccc45)c3)cc12. The van der Waals surface area contributed by atoms with E-state index in [1.165, 1.54) is 27.7 Å². The fraction of sp³-hybridized carbons (Fsp3) is 0.0741. The van der Waals surface area contributed by atoms with Crippen LogP contribution >= 0.6 is 11.3 Å². The summed E-state index contributed by atoms with van der Waals surface area (Å²) >= 11 is 1.44. The number of amides is 1. The molecule has 0 unspecified atom stereocenters. The van der Waals surface area contributed by atoms with E-state index in [0.29, 0.717) is 17.1 Å². The van der Waals surface area contributed by atoms with Gasteiger partial charge < -0.3 is 5.32 Å². The Labute approximate surface area is 200 Å². The van der Waals surface area contributed by atoms with E-state index in [1.54, 1.807) is 6.20 Å². The summed E-state index contributed by atoms with van der Waals surface area (Å²) in [6, 6.07) is 26.5. The molecule has 0 aliphatic rings. The minimum atomic E-state index is -0.148. The van der Waals surface area contributed by atoms with E-state index in [1.807, 2.05) is 71.0 Å². The first kappa shape index (κ1) is 20.4. The van der Waals surface area contributed by atoms with Crippen molar-refractivity contribution in [1.82, 2.24) is 19.6 Å². The molecule has 0 atom stereocenters. The molecular weight excluding hydrogens is 442 g/mol. The van der Waals surface area contributed by atoms with Gasteiger partial charge in [0, 0.05) is 11.6 Å². The lowest BCUT2D eigenvalue weighted by Crippen LogP contribution is -2.09. The van der Waals surface area contributed by atoms with Gasteiger partial charge in [0.1, 0.15) is 4.83 Å². The third kappa shape index (κ3) is 3.66. The van der Waals surface area contributed by atoms with Gasteiger partial charge in [-0.3, -0.25) is 9.48 Å². The number of nitrogens with zero attached hydrogens (tertiary/aromatic N) is 4. The van der Waals surface area contributed by atoms with E-state index < -0.39 is 0 Å². The van der Waals surface area contributed by atoms with Gasteiger partial charge in [-0.2, -0.15) is 10.2 Å². The molecule has 7 heteroatoms. The topological polar surface area (TPSA) is 64.7 Å². The Morgan fingerprint density at radius 1 is 0.971 bits per heavy atom. The van der Waals surface area contributed by atoms with Gasteiger partial charge in [-0.15, -0.1) is 11.3 Å². The van der Waals surface area contributed by atoms with Gasteiger partial charge in [0.15, 0.2) is 0 Å². The lowest BCUT2D eigenvalue weighted by Gasteiger charge is -2.06. The van der Waals surface area contributed by atoms with Crippen molar-refractivity contribution in [1.29, 1.82) is 0 Å². The van der Waals surface area contributed by atoms with Crippen molar-refractivity contribution in [2.45, 2.75) is 13.5 Å². The van der Waals surface area contributed by atoms with Gasteiger partial charge >= 0.3 is 0 Å². The molecule has 6 nitrogen and oxygen atoms in total. The molecule has 0 aliphatic heterocycles. The maximum absolute atomic E-state index is 13.0. The number of carbonyl (C=O) groups is 1. The van der Waals surface area contributed by atoms with E-state index in [-0.39, 0.29) is 5.91 Å². The second kappa shape index (κ2) is 8.28. The van der Waals surface area contributed by atoms with Crippen LogP contribution in [-0.4, -0.2) is 25.5 Å². The Hall–Kier alpha value is -4.23. The van der Waals surface area contributed by atoms with E-state index in [0.717, 1.165) is 21.6 Å². The maximum atomic E-state index is 13.0. The molecule has 3 heterocycles. The Bertz CT molecular complexity index is 1640. The second-order valence-electron chi connectivity index (χ2n) is 8.18. The number of para-hydroxylation sites is 1. The van der Waals surface area contributed by atoms with E-state index in [4.69, 9.17) is 0 Å². The molecule has 34 heavy (non-hydrogen) atoms. The number of anilines is 1. The molecule has 1 N–H and O–H groups in total. The zero-order valence-electron chi connectivity index (χ0n) is 18.5. The quantitative estimate of drug-likeness (QED) is 0.339. The van der Waals surface area contributed by atoms with Gasteiger partial charge in [0.05, 0.1) is 34.7 Å². The van der Waals surface area contributed by atoms with E-state index in [2.05, 4.69) is 45.8 Å². The van der Waals surface area contributed by atoms with Crippen molar-refractivity contribution in [3.8, 4) is 5.69 Å². The van der Waals surface area contributed by atoms with Gasteiger partial charge in [0.25, 0.3) is 5.91 Å². The highest BCUT2D eigenvalue weighted by Crippen LogP contribution is 2.31. The highest BCUT2D eigenvalue weighted by Gasteiger charge is 2.18. The number of hydrogen-bond donors (Lipinski definition) is 1. The summed E-state index contributed by atoms with van der Waals surface area (Å²) in [5.41, 5.74) is 3.73. The van der Waals surface area contributed by atoms with Crippen molar-refractivity contribution in [2.75, 3.05) is 5.32 Å². The molecule has 3 aromatic heterocycles. The molecule has 6 rings (SSSR count). The van der Waals surface area contributed by atoms with Crippen LogP contribution in [0.5, 0.6) is 0 Å². The first-order chi connectivity index (χ1) is 16.7. The lowest BCUT2D eigenvalue weighted by molar-refractivity contribution is 0.103. The number of nitrogens with one attached hydrogen (secondary N) is 1. The Balaban J connectivity index is 1.23. The van der Waals surface area contributed by atoms with Crippen molar-refractivity contribution in [3.63, 3.8) is 0 Å². The van der Waals surface area contributed by atoms with Crippen LogP contribution in [0.3, 0.4) is 0 Å². The van der Waals surface area contributed by atoms with Crippen molar-refractivity contribution < 1.29 is 4.79 Å². The van der Waals surface area contributed by atoms with Crippen molar-refractivity contribution >= 4 is 43.9 Å². The molecule has 0 bridgehead atoms. The van der Waals surface area contributed by atoms with Crippen LogP contribution in [0, 0.1) is 6.92 Å². The van der Waals surface area contributed by atoms with Crippen LogP contribution in [0.15, 0.2) is 91.3 Å². The summed E-state index contributed by atoms with van der Waals surface area (Å²) in [4.78, 5) is 14.6. The number of benzene rings is 3. The minimum absolute atomic E-state index is 0.148. The molecule has 166 valence electrons. The summed E-state index contributed by atoms with van der Waals surface area (Å²) in [6.07, 6.45) is 3.55. The third-order valence-corrected chi connectivity index (χ3v) is 6.98. The summed E-state index contributed by atoms with van der Waals surface area (Å²) in [5.74, 6) is -0.148. The van der Waals surface area contributed by atoms with Crippen LogP contribution in [-0.2, 0) is 6.54 Å². The highest BCUT2D eigenvalue weighted by atomic mass is 32.1. The summed E-state index contributed by atoms with van der Waals surface area (Å²) < 4.78 is 3.74. The van der Waals surface area contributed by atoms with Gasteiger partial charge in [0.2, 0.25) is 0 Å². The zero-order chi connectivity index (χ0) is 23.1. The number of aromatic nitrogens is 4. The first-order valence-electron chi connectivity index (χ1n) is 11.0. The minimum Gasteiger partial charge on any atom is -0.319 e. The molecule has 6 aromatic rings.